The third-order valence-corrected chi connectivity index (χ3v) is 1.65. The van der Waals surface area contributed by atoms with E-state index in [4.69, 9.17) is 0 Å². The Labute approximate surface area is 60.5 Å². The number of hydrogen-bond donors (Lipinski definition) is 0. The fraction of sp³-hybridized carbons (Fsp3) is 0.500. The van der Waals surface area contributed by atoms with Crippen LogP contribution in [-0.2, 0) is 7.05 Å². The highest BCUT2D eigenvalue weighted by Crippen LogP contribution is 2.17. The molecule has 0 radical (unpaired) electrons. The summed E-state index contributed by atoms with van der Waals surface area (Å²) in [7, 11) is 1.71. The lowest BCUT2D eigenvalue weighted by molar-refractivity contribution is 0.516. The van der Waals surface area contributed by atoms with Gasteiger partial charge in [0.05, 0.1) is 0 Å². The van der Waals surface area contributed by atoms with Crippen molar-refractivity contribution in [3.8, 4) is 0 Å². The Morgan fingerprint density at radius 2 is 2.10 bits per heavy atom. The molecule has 0 saturated heterocycles. The van der Waals surface area contributed by atoms with E-state index in [9.17, 15) is 4.39 Å². The zero-order valence-corrected chi connectivity index (χ0v) is 6.56. The van der Waals surface area contributed by atoms with Gasteiger partial charge in [-0.15, -0.1) is 0 Å². The molecule has 0 aliphatic heterocycles. The second-order valence-electron chi connectivity index (χ2n) is 2.83. The molecule has 1 aromatic rings. The summed E-state index contributed by atoms with van der Waals surface area (Å²) in [6.45, 7) is 3.97. The van der Waals surface area contributed by atoms with E-state index in [2.05, 4.69) is 0 Å². The Kier molecular flexibility index (Phi) is 1.79. The largest absolute Gasteiger partial charge is 0.328 e. The monoisotopic (exact) mass is 141 g/mol. The normalized spacial score (nSPS) is 10.9. The van der Waals surface area contributed by atoms with Crippen molar-refractivity contribution >= 4 is 0 Å². The third kappa shape index (κ3) is 1.06. The first-order valence-corrected chi connectivity index (χ1v) is 3.43. The molecule has 56 valence electrons. The van der Waals surface area contributed by atoms with Crippen molar-refractivity contribution in [2.75, 3.05) is 0 Å². The molecule has 0 atom stereocenters. The van der Waals surface area contributed by atoms with Crippen molar-refractivity contribution in [2.45, 2.75) is 19.8 Å². The first-order chi connectivity index (χ1) is 4.63. The molecule has 1 rings (SSSR count). The number of aryl methyl sites for hydroxylation is 1. The fourth-order valence-electron chi connectivity index (χ4n) is 0.961. The lowest BCUT2D eigenvalue weighted by Crippen LogP contribution is -1.94. The molecule has 2 heteroatoms. The maximum absolute atomic E-state index is 13.0. The molecule has 1 heterocycles. The van der Waals surface area contributed by atoms with Crippen molar-refractivity contribution in [3.05, 3.63) is 23.8 Å². The second kappa shape index (κ2) is 2.45. The molecule has 0 bridgehead atoms. The molecule has 0 aliphatic carbocycles. The predicted molar refractivity (Wildman–Crippen MR) is 39.5 cm³/mol. The summed E-state index contributed by atoms with van der Waals surface area (Å²) in [5.74, 6) is 0.163. The van der Waals surface area contributed by atoms with Crippen LogP contribution < -0.4 is 0 Å². The zero-order valence-electron chi connectivity index (χ0n) is 6.56. The van der Waals surface area contributed by atoms with E-state index < -0.39 is 0 Å². The van der Waals surface area contributed by atoms with E-state index in [0.29, 0.717) is 0 Å². The van der Waals surface area contributed by atoms with Gasteiger partial charge in [0.2, 0.25) is 0 Å². The van der Waals surface area contributed by atoms with Gasteiger partial charge in [0, 0.05) is 18.8 Å². The van der Waals surface area contributed by atoms with Crippen LogP contribution in [0.2, 0.25) is 0 Å². The lowest BCUT2D eigenvalue weighted by atomic mass is 10.1. The quantitative estimate of drug-likeness (QED) is 0.565. The Morgan fingerprint density at radius 3 is 2.30 bits per heavy atom. The van der Waals surface area contributed by atoms with Crippen molar-refractivity contribution in [3.63, 3.8) is 0 Å². The first-order valence-electron chi connectivity index (χ1n) is 3.43. The molecule has 0 fully saturated rings. The van der Waals surface area contributed by atoms with Crippen LogP contribution in [-0.4, -0.2) is 4.57 Å². The standard InChI is InChI=1S/C8H12FN/c1-6(2)7-4-5-10(3)8(7)9/h4-6H,1-3H3. The van der Waals surface area contributed by atoms with Crippen molar-refractivity contribution in [2.24, 2.45) is 7.05 Å². The predicted octanol–water partition coefficient (Wildman–Crippen LogP) is 2.29. The molecular weight excluding hydrogens is 129 g/mol. The topological polar surface area (TPSA) is 4.93 Å². The Balaban J connectivity index is 3.05. The number of nitrogens with zero attached hydrogens (tertiary/aromatic N) is 1. The van der Waals surface area contributed by atoms with Gasteiger partial charge in [0.1, 0.15) is 0 Å². The van der Waals surface area contributed by atoms with E-state index in [0.717, 1.165) is 5.56 Å². The van der Waals surface area contributed by atoms with E-state index in [1.165, 1.54) is 4.57 Å². The summed E-state index contributed by atoms with van der Waals surface area (Å²) in [5.41, 5.74) is 0.794. The number of halogens is 1. The Hall–Kier alpha value is -0.790. The van der Waals surface area contributed by atoms with Crippen LogP contribution in [0.15, 0.2) is 12.3 Å². The van der Waals surface area contributed by atoms with E-state index in [1.807, 2.05) is 19.9 Å². The minimum Gasteiger partial charge on any atom is -0.328 e. The summed E-state index contributed by atoms with van der Waals surface area (Å²) in [5, 5.41) is 0. The van der Waals surface area contributed by atoms with Gasteiger partial charge < -0.3 is 4.57 Å². The van der Waals surface area contributed by atoms with Crippen molar-refractivity contribution in [1.82, 2.24) is 4.57 Å². The average Bonchev–Trinajstić information content (AvgIpc) is 2.14. The summed E-state index contributed by atoms with van der Waals surface area (Å²) >= 11 is 0. The Bertz CT molecular complexity index is 225. The highest BCUT2D eigenvalue weighted by atomic mass is 19.1. The third-order valence-electron chi connectivity index (χ3n) is 1.65. The van der Waals surface area contributed by atoms with Gasteiger partial charge in [-0.1, -0.05) is 13.8 Å². The van der Waals surface area contributed by atoms with Crippen LogP contribution in [0.1, 0.15) is 25.3 Å². The summed E-state index contributed by atoms with van der Waals surface area (Å²) in [6.07, 6.45) is 1.74. The second-order valence-corrected chi connectivity index (χ2v) is 2.83. The number of hydrogen-bond acceptors (Lipinski definition) is 0. The SMILES string of the molecule is CC(C)c1ccn(C)c1F. The van der Waals surface area contributed by atoms with E-state index in [1.54, 1.807) is 13.2 Å². The van der Waals surface area contributed by atoms with Crippen LogP contribution in [0, 0.1) is 5.95 Å². The van der Waals surface area contributed by atoms with Crippen LogP contribution in [0.25, 0.3) is 0 Å². The molecule has 0 amide bonds. The lowest BCUT2D eigenvalue weighted by Gasteiger charge is -2.00. The van der Waals surface area contributed by atoms with Gasteiger partial charge in [0.25, 0.3) is 0 Å². The van der Waals surface area contributed by atoms with Crippen LogP contribution in [0.4, 0.5) is 4.39 Å². The summed E-state index contributed by atoms with van der Waals surface area (Å²) in [6, 6.07) is 1.82. The molecular formula is C8H12FN. The minimum atomic E-state index is -0.116. The minimum absolute atomic E-state index is 0.116. The van der Waals surface area contributed by atoms with Crippen LogP contribution in [0.3, 0.4) is 0 Å². The molecule has 0 aromatic carbocycles. The van der Waals surface area contributed by atoms with Crippen LogP contribution >= 0.6 is 0 Å². The molecule has 0 saturated carbocycles. The smallest absolute Gasteiger partial charge is 0.196 e. The Morgan fingerprint density at radius 1 is 1.50 bits per heavy atom. The molecule has 0 N–H and O–H groups in total. The summed E-state index contributed by atoms with van der Waals surface area (Å²) in [4.78, 5) is 0. The number of aromatic nitrogens is 1. The van der Waals surface area contributed by atoms with Gasteiger partial charge >= 0.3 is 0 Å². The molecule has 1 nitrogen and oxygen atoms in total. The molecule has 10 heavy (non-hydrogen) atoms. The molecule has 0 spiro atoms. The van der Waals surface area contributed by atoms with Gasteiger partial charge in [-0.25, -0.2) is 0 Å². The van der Waals surface area contributed by atoms with Gasteiger partial charge in [-0.2, -0.15) is 4.39 Å². The molecule has 0 unspecified atom stereocenters. The average molecular weight is 141 g/mol. The first kappa shape index (κ1) is 7.32. The zero-order chi connectivity index (χ0) is 7.72. The number of rotatable bonds is 1. The molecule has 0 aliphatic rings. The van der Waals surface area contributed by atoms with E-state index >= 15 is 0 Å². The maximum Gasteiger partial charge on any atom is 0.196 e. The van der Waals surface area contributed by atoms with Crippen molar-refractivity contribution < 1.29 is 4.39 Å². The summed E-state index contributed by atoms with van der Waals surface area (Å²) < 4.78 is 14.5. The van der Waals surface area contributed by atoms with Crippen LogP contribution in [0.5, 0.6) is 0 Å². The maximum atomic E-state index is 13.0. The highest BCUT2D eigenvalue weighted by Gasteiger charge is 2.08. The fourth-order valence-corrected chi connectivity index (χ4v) is 0.961. The van der Waals surface area contributed by atoms with Gasteiger partial charge in [0.15, 0.2) is 5.95 Å². The molecule has 1 aromatic heterocycles. The highest BCUT2D eigenvalue weighted by molar-refractivity contribution is 5.16. The van der Waals surface area contributed by atoms with Gasteiger partial charge in [-0.05, 0) is 12.0 Å². The van der Waals surface area contributed by atoms with Crippen molar-refractivity contribution in [1.29, 1.82) is 0 Å². The van der Waals surface area contributed by atoms with Gasteiger partial charge in [-0.3, -0.25) is 0 Å². The van der Waals surface area contributed by atoms with E-state index in [-0.39, 0.29) is 11.9 Å².